The lowest BCUT2D eigenvalue weighted by Gasteiger charge is -2.37. The third-order valence-corrected chi connectivity index (χ3v) is 11.8. The molecule has 0 saturated carbocycles. The fourth-order valence-corrected chi connectivity index (χ4v) is 9.62. The summed E-state index contributed by atoms with van der Waals surface area (Å²) in [6.07, 6.45) is 0. The highest BCUT2D eigenvalue weighted by Gasteiger charge is 2.51. The van der Waals surface area contributed by atoms with E-state index in [0.717, 1.165) is 34.1 Å². The Morgan fingerprint density at radius 3 is 1.19 bits per heavy atom. The van der Waals surface area contributed by atoms with E-state index in [2.05, 4.69) is 240 Å². The number of benzene rings is 9. The molecule has 11 rings (SSSR count). The molecule has 0 aromatic heterocycles. The third kappa shape index (κ3) is 5.04. The van der Waals surface area contributed by atoms with Crippen molar-refractivity contribution in [3.05, 3.63) is 253 Å². The van der Waals surface area contributed by atoms with Gasteiger partial charge in [0.25, 0.3) is 0 Å². The van der Waals surface area contributed by atoms with Gasteiger partial charge in [0, 0.05) is 34.0 Å². The van der Waals surface area contributed by atoms with Crippen LogP contribution in [0.25, 0.3) is 33.4 Å². The molecule has 0 saturated heterocycles. The molecule has 57 heavy (non-hydrogen) atoms. The summed E-state index contributed by atoms with van der Waals surface area (Å²) in [6, 6.07) is 84.4. The van der Waals surface area contributed by atoms with E-state index in [-0.39, 0.29) is 0 Å². The Kier molecular flexibility index (Phi) is 7.75. The smallest absolute Gasteiger partial charge is 0.0727 e. The van der Waals surface area contributed by atoms with Gasteiger partial charge in [0.05, 0.1) is 11.1 Å². The highest BCUT2D eigenvalue weighted by molar-refractivity contribution is 6.02. The number of anilines is 6. The minimum absolute atomic E-state index is 0.652. The lowest BCUT2D eigenvalue weighted by Crippen LogP contribution is -2.29. The van der Waals surface area contributed by atoms with Crippen molar-refractivity contribution in [3.63, 3.8) is 0 Å². The normalized spacial score (nSPS) is 14.4. The Morgan fingerprint density at radius 1 is 0.246 bits per heavy atom. The summed E-state index contributed by atoms with van der Waals surface area (Å²) in [5, 5.41) is 0. The first-order valence-corrected chi connectivity index (χ1v) is 19.7. The summed E-state index contributed by atoms with van der Waals surface area (Å²) in [5.41, 5.74) is 18.7. The molecule has 2 heteroatoms. The van der Waals surface area contributed by atoms with Crippen molar-refractivity contribution in [1.29, 1.82) is 0 Å². The molecule has 9 aromatic carbocycles. The predicted octanol–water partition coefficient (Wildman–Crippen LogP) is 14.6. The molecule has 0 bridgehead atoms. The maximum Gasteiger partial charge on any atom is 0.0727 e. The van der Waals surface area contributed by atoms with Gasteiger partial charge in [-0.05, 0) is 117 Å². The maximum atomic E-state index is 2.49. The topological polar surface area (TPSA) is 6.48 Å². The lowest BCUT2D eigenvalue weighted by molar-refractivity contribution is 0.775. The molecule has 1 spiro atoms. The molecule has 0 N–H and O–H groups in total. The third-order valence-electron chi connectivity index (χ3n) is 11.8. The summed E-state index contributed by atoms with van der Waals surface area (Å²) < 4.78 is 0. The fraction of sp³-hybridized carbons (Fsp3) is 0.0182. The maximum absolute atomic E-state index is 2.49. The van der Waals surface area contributed by atoms with Gasteiger partial charge in [0.1, 0.15) is 0 Å². The van der Waals surface area contributed by atoms with Crippen LogP contribution in [0.15, 0.2) is 231 Å². The largest absolute Gasteiger partial charge is 0.310 e. The van der Waals surface area contributed by atoms with Crippen LogP contribution < -0.4 is 9.80 Å². The molecule has 2 aliphatic rings. The van der Waals surface area contributed by atoms with Crippen molar-refractivity contribution in [2.45, 2.75) is 5.41 Å². The molecule has 0 amide bonds. The SMILES string of the molecule is c1ccc(N(c2ccccc2)c2ccc3c(c2)C2(c4ccccc4-c4ccccc4-3)c3ccccc3-c3c(N(c4ccccc4)c4ccccc4)cccc32)cc1. The van der Waals surface area contributed by atoms with Crippen molar-refractivity contribution >= 4 is 34.1 Å². The van der Waals surface area contributed by atoms with Crippen LogP contribution in [0.4, 0.5) is 34.1 Å². The van der Waals surface area contributed by atoms with Crippen LogP contribution in [0.3, 0.4) is 0 Å². The Hall–Kier alpha value is -7.42. The Morgan fingerprint density at radius 2 is 0.649 bits per heavy atom. The average molecular weight is 727 g/mol. The van der Waals surface area contributed by atoms with Crippen molar-refractivity contribution in [1.82, 2.24) is 0 Å². The molecule has 268 valence electrons. The number of hydrogen-bond acceptors (Lipinski definition) is 2. The molecular formula is C55H38N2. The summed E-state index contributed by atoms with van der Waals surface area (Å²) in [5.74, 6) is 0. The second kappa shape index (κ2) is 13.4. The Labute approximate surface area is 334 Å². The second-order valence-electron chi connectivity index (χ2n) is 14.8. The van der Waals surface area contributed by atoms with Gasteiger partial charge in [0.2, 0.25) is 0 Å². The summed E-state index contributed by atoms with van der Waals surface area (Å²) >= 11 is 0. The predicted molar refractivity (Wildman–Crippen MR) is 238 cm³/mol. The van der Waals surface area contributed by atoms with E-state index in [9.17, 15) is 0 Å². The zero-order valence-electron chi connectivity index (χ0n) is 31.3. The van der Waals surface area contributed by atoms with E-state index in [1.165, 1.54) is 55.6 Å². The summed E-state index contributed by atoms with van der Waals surface area (Å²) in [4.78, 5) is 4.82. The van der Waals surface area contributed by atoms with E-state index < -0.39 is 5.41 Å². The molecule has 0 radical (unpaired) electrons. The van der Waals surface area contributed by atoms with Crippen LogP contribution in [0, 0.1) is 0 Å². The van der Waals surface area contributed by atoms with Crippen molar-refractivity contribution in [3.8, 4) is 33.4 Å². The molecule has 1 atom stereocenters. The monoisotopic (exact) mass is 726 g/mol. The molecule has 0 fully saturated rings. The summed E-state index contributed by atoms with van der Waals surface area (Å²) in [6.45, 7) is 0. The fourth-order valence-electron chi connectivity index (χ4n) is 9.62. The van der Waals surface area contributed by atoms with Gasteiger partial charge >= 0.3 is 0 Å². The minimum Gasteiger partial charge on any atom is -0.310 e. The summed E-state index contributed by atoms with van der Waals surface area (Å²) in [7, 11) is 0. The lowest BCUT2D eigenvalue weighted by atomic mass is 9.65. The van der Waals surface area contributed by atoms with Crippen LogP contribution >= 0.6 is 0 Å². The van der Waals surface area contributed by atoms with Crippen LogP contribution in [0.5, 0.6) is 0 Å². The van der Waals surface area contributed by atoms with E-state index in [1.54, 1.807) is 0 Å². The Balaban J connectivity index is 1.28. The van der Waals surface area contributed by atoms with Crippen molar-refractivity contribution in [2.75, 3.05) is 9.80 Å². The van der Waals surface area contributed by atoms with Crippen LogP contribution in [0.2, 0.25) is 0 Å². The standard InChI is InChI=1S/C55H38N2/c1-5-20-39(21-6-1)56(40-22-7-2-8-23-40)43-36-37-47-45-29-14-13-28-44(45)46-30-15-17-32-49(46)55(52(47)38-43)50-33-18-16-31-48(50)54-51(55)34-19-35-53(54)57(41-24-9-3-10-25-41)42-26-11-4-12-27-42/h1-38H. The molecule has 1 unspecified atom stereocenters. The number of nitrogens with zero attached hydrogens (tertiary/aromatic N) is 2. The zero-order chi connectivity index (χ0) is 37.8. The molecule has 0 aliphatic heterocycles. The molecule has 0 heterocycles. The van der Waals surface area contributed by atoms with E-state index in [0.29, 0.717) is 0 Å². The van der Waals surface area contributed by atoms with Crippen LogP contribution in [-0.2, 0) is 5.41 Å². The average Bonchev–Trinajstić information content (AvgIpc) is 3.54. The highest BCUT2D eigenvalue weighted by Crippen LogP contribution is 2.64. The van der Waals surface area contributed by atoms with Gasteiger partial charge in [-0.1, -0.05) is 164 Å². The van der Waals surface area contributed by atoms with Crippen LogP contribution in [-0.4, -0.2) is 0 Å². The molecule has 9 aromatic rings. The van der Waals surface area contributed by atoms with Gasteiger partial charge in [-0.2, -0.15) is 0 Å². The molecular weight excluding hydrogens is 689 g/mol. The zero-order valence-corrected chi connectivity index (χ0v) is 31.3. The van der Waals surface area contributed by atoms with Gasteiger partial charge in [-0.3, -0.25) is 0 Å². The van der Waals surface area contributed by atoms with Crippen molar-refractivity contribution < 1.29 is 0 Å². The first kappa shape index (κ1) is 33.0. The molecule has 2 aliphatic carbocycles. The second-order valence-corrected chi connectivity index (χ2v) is 14.8. The number of para-hydroxylation sites is 4. The first-order chi connectivity index (χ1) is 28.3. The van der Waals surface area contributed by atoms with E-state index >= 15 is 0 Å². The first-order valence-electron chi connectivity index (χ1n) is 19.7. The van der Waals surface area contributed by atoms with E-state index in [4.69, 9.17) is 0 Å². The minimum atomic E-state index is -0.652. The molecule has 2 nitrogen and oxygen atoms in total. The Bertz CT molecular complexity index is 2820. The number of fused-ring (bicyclic) bond motifs is 12. The van der Waals surface area contributed by atoms with Gasteiger partial charge in [-0.15, -0.1) is 0 Å². The highest BCUT2D eigenvalue weighted by atomic mass is 15.1. The quantitative estimate of drug-likeness (QED) is 0.168. The van der Waals surface area contributed by atoms with Crippen LogP contribution in [0.1, 0.15) is 22.3 Å². The van der Waals surface area contributed by atoms with E-state index in [1.807, 2.05) is 0 Å². The number of rotatable bonds is 6. The number of hydrogen-bond donors (Lipinski definition) is 0. The van der Waals surface area contributed by atoms with Crippen molar-refractivity contribution in [2.24, 2.45) is 0 Å². The van der Waals surface area contributed by atoms with Gasteiger partial charge in [0.15, 0.2) is 0 Å². The van der Waals surface area contributed by atoms with Gasteiger partial charge in [-0.25, -0.2) is 0 Å². The van der Waals surface area contributed by atoms with Gasteiger partial charge < -0.3 is 9.80 Å².